The van der Waals surface area contributed by atoms with E-state index < -0.39 is 0 Å². The highest BCUT2D eigenvalue weighted by Gasteiger charge is 2.23. The number of carbonyl (C=O) groups excluding carboxylic acids is 1. The molecule has 6 heteroatoms. The fourth-order valence-electron chi connectivity index (χ4n) is 2.24. The predicted molar refractivity (Wildman–Crippen MR) is 74.7 cm³/mol. The van der Waals surface area contributed by atoms with Crippen molar-refractivity contribution in [3.63, 3.8) is 0 Å². The Bertz CT molecular complexity index is 456. The van der Waals surface area contributed by atoms with E-state index in [1.165, 1.54) is 0 Å². The van der Waals surface area contributed by atoms with Gasteiger partial charge in [0.2, 0.25) is 5.91 Å². The molecular formula is C13H21N5O. The molecule has 1 aromatic heterocycles. The van der Waals surface area contributed by atoms with Crippen molar-refractivity contribution in [2.45, 2.75) is 39.2 Å². The van der Waals surface area contributed by atoms with Gasteiger partial charge in [0.05, 0.1) is 0 Å². The molecule has 1 amide bonds. The number of nitrogens with zero attached hydrogens (tertiary/aromatic N) is 3. The van der Waals surface area contributed by atoms with E-state index in [1.807, 2.05) is 18.7 Å². The van der Waals surface area contributed by atoms with E-state index in [4.69, 9.17) is 5.73 Å². The van der Waals surface area contributed by atoms with Crippen LogP contribution in [0.5, 0.6) is 0 Å². The van der Waals surface area contributed by atoms with Crippen molar-refractivity contribution in [1.82, 2.24) is 14.9 Å². The Labute approximate surface area is 113 Å². The number of rotatable bonds is 4. The van der Waals surface area contributed by atoms with Gasteiger partial charge in [0.15, 0.2) is 0 Å². The zero-order valence-electron chi connectivity index (χ0n) is 11.5. The second-order valence-electron chi connectivity index (χ2n) is 4.85. The predicted octanol–water partition coefficient (Wildman–Crippen LogP) is 1.04. The average Bonchev–Trinajstić information content (AvgIpc) is 2.90. The zero-order chi connectivity index (χ0) is 13.8. The van der Waals surface area contributed by atoms with Crippen molar-refractivity contribution in [1.29, 1.82) is 0 Å². The van der Waals surface area contributed by atoms with Crippen LogP contribution in [0, 0.1) is 0 Å². The fraction of sp³-hybridized carbons (Fsp3) is 0.615. The molecule has 6 nitrogen and oxygen atoms in total. The molecule has 0 spiro atoms. The zero-order valence-corrected chi connectivity index (χ0v) is 11.5. The summed E-state index contributed by atoms with van der Waals surface area (Å²) in [5, 5.41) is 3.11. The standard InChI is InChI=1S/C13H21N5O/c1-3-11-16-10(14)8-12(17-11)15-9(2)13(19)18-6-4-5-7-18/h8-9H,3-7H2,1-2H3,(H3,14,15,16,17). The lowest BCUT2D eigenvalue weighted by Gasteiger charge is -2.21. The topological polar surface area (TPSA) is 84.1 Å². The van der Waals surface area contributed by atoms with Crippen LogP contribution in [-0.4, -0.2) is 39.9 Å². The molecule has 0 radical (unpaired) electrons. The molecule has 1 aliphatic heterocycles. The van der Waals surface area contributed by atoms with Crippen LogP contribution < -0.4 is 11.1 Å². The van der Waals surface area contributed by atoms with E-state index in [-0.39, 0.29) is 11.9 Å². The van der Waals surface area contributed by atoms with E-state index in [0.29, 0.717) is 23.9 Å². The molecule has 0 aromatic carbocycles. The number of hydrogen-bond acceptors (Lipinski definition) is 5. The Kier molecular flexibility index (Phi) is 4.19. The third kappa shape index (κ3) is 3.33. The van der Waals surface area contributed by atoms with Gasteiger partial charge in [0, 0.05) is 25.6 Å². The maximum atomic E-state index is 12.2. The van der Waals surface area contributed by atoms with Gasteiger partial charge >= 0.3 is 0 Å². The molecular weight excluding hydrogens is 242 g/mol. The minimum Gasteiger partial charge on any atom is -0.384 e. The van der Waals surface area contributed by atoms with Crippen molar-refractivity contribution >= 4 is 17.5 Å². The minimum absolute atomic E-state index is 0.118. The SMILES string of the molecule is CCc1nc(N)cc(NC(C)C(=O)N2CCCC2)n1. The Hall–Kier alpha value is -1.85. The van der Waals surface area contributed by atoms with E-state index >= 15 is 0 Å². The van der Waals surface area contributed by atoms with Crippen LogP contribution in [0.3, 0.4) is 0 Å². The maximum absolute atomic E-state index is 12.2. The van der Waals surface area contributed by atoms with Crippen LogP contribution in [0.25, 0.3) is 0 Å². The van der Waals surface area contributed by atoms with Gasteiger partial charge < -0.3 is 16.0 Å². The van der Waals surface area contributed by atoms with Gasteiger partial charge in [0.1, 0.15) is 23.5 Å². The van der Waals surface area contributed by atoms with E-state index in [2.05, 4.69) is 15.3 Å². The summed E-state index contributed by atoms with van der Waals surface area (Å²) in [4.78, 5) is 22.5. The molecule has 0 bridgehead atoms. The quantitative estimate of drug-likeness (QED) is 0.848. The van der Waals surface area contributed by atoms with E-state index in [9.17, 15) is 4.79 Å². The third-order valence-electron chi connectivity index (χ3n) is 3.26. The number of anilines is 2. The van der Waals surface area contributed by atoms with Gasteiger partial charge in [-0.2, -0.15) is 0 Å². The lowest BCUT2D eigenvalue weighted by atomic mass is 10.3. The first kappa shape index (κ1) is 13.6. The molecule has 1 atom stereocenters. The highest BCUT2D eigenvalue weighted by atomic mass is 16.2. The Morgan fingerprint density at radius 1 is 1.47 bits per heavy atom. The molecule has 1 aliphatic rings. The summed E-state index contributed by atoms with van der Waals surface area (Å²) in [5.74, 6) is 1.84. The lowest BCUT2D eigenvalue weighted by Crippen LogP contribution is -2.39. The fourth-order valence-corrected chi connectivity index (χ4v) is 2.24. The molecule has 1 unspecified atom stereocenters. The van der Waals surface area contributed by atoms with Crippen LogP contribution in [0.1, 0.15) is 32.5 Å². The minimum atomic E-state index is -0.294. The summed E-state index contributed by atoms with van der Waals surface area (Å²) < 4.78 is 0. The molecule has 104 valence electrons. The second-order valence-corrected chi connectivity index (χ2v) is 4.85. The molecule has 3 N–H and O–H groups in total. The number of amides is 1. The Morgan fingerprint density at radius 2 is 2.16 bits per heavy atom. The van der Waals surface area contributed by atoms with Gasteiger partial charge in [-0.3, -0.25) is 4.79 Å². The highest BCUT2D eigenvalue weighted by molar-refractivity contribution is 5.84. The van der Waals surface area contributed by atoms with Crippen molar-refractivity contribution in [2.24, 2.45) is 0 Å². The summed E-state index contributed by atoms with van der Waals surface area (Å²) in [6, 6.07) is 1.37. The number of carbonyl (C=O) groups is 1. The smallest absolute Gasteiger partial charge is 0.244 e. The number of nitrogens with two attached hydrogens (primary N) is 1. The first-order chi connectivity index (χ1) is 9.10. The molecule has 1 fully saturated rings. The van der Waals surface area contributed by atoms with Crippen molar-refractivity contribution in [2.75, 3.05) is 24.1 Å². The molecule has 2 heterocycles. The highest BCUT2D eigenvalue weighted by Crippen LogP contribution is 2.13. The van der Waals surface area contributed by atoms with Crippen LogP contribution in [-0.2, 0) is 11.2 Å². The monoisotopic (exact) mass is 263 g/mol. The van der Waals surface area contributed by atoms with Crippen LogP contribution >= 0.6 is 0 Å². The average molecular weight is 263 g/mol. The maximum Gasteiger partial charge on any atom is 0.244 e. The van der Waals surface area contributed by atoms with E-state index in [1.54, 1.807) is 6.07 Å². The molecule has 2 rings (SSSR count). The van der Waals surface area contributed by atoms with Gasteiger partial charge in [-0.15, -0.1) is 0 Å². The summed E-state index contributed by atoms with van der Waals surface area (Å²) >= 11 is 0. The summed E-state index contributed by atoms with van der Waals surface area (Å²) in [5.41, 5.74) is 5.72. The van der Waals surface area contributed by atoms with Crippen molar-refractivity contribution in [3.8, 4) is 0 Å². The second kappa shape index (κ2) is 5.86. The Balaban J connectivity index is 2.03. The number of hydrogen-bond donors (Lipinski definition) is 2. The van der Waals surface area contributed by atoms with E-state index in [0.717, 1.165) is 25.9 Å². The number of aryl methyl sites for hydroxylation is 1. The van der Waals surface area contributed by atoms with Crippen LogP contribution in [0.15, 0.2) is 6.07 Å². The normalized spacial score (nSPS) is 16.4. The number of aromatic nitrogens is 2. The summed E-state index contributed by atoms with van der Waals surface area (Å²) in [6.45, 7) is 5.54. The molecule has 1 aromatic rings. The van der Waals surface area contributed by atoms with Gasteiger partial charge in [0.25, 0.3) is 0 Å². The molecule has 0 saturated carbocycles. The van der Waals surface area contributed by atoms with Crippen LogP contribution in [0.2, 0.25) is 0 Å². The first-order valence-electron chi connectivity index (χ1n) is 6.79. The third-order valence-corrected chi connectivity index (χ3v) is 3.26. The Morgan fingerprint density at radius 3 is 2.79 bits per heavy atom. The molecule has 1 saturated heterocycles. The number of nitrogen functional groups attached to an aromatic ring is 1. The number of likely N-dealkylation sites (tertiary alicyclic amines) is 1. The van der Waals surface area contributed by atoms with Gasteiger partial charge in [-0.1, -0.05) is 6.92 Å². The van der Waals surface area contributed by atoms with Crippen LogP contribution in [0.4, 0.5) is 11.6 Å². The largest absolute Gasteiger partial charge is 0.384 e. The van der Waals surface area contributed by atoms with Crippen molar-refractivity contribution < 1.29 is 4.79 Å². The van der Waals surface area contributed by atoms with Gasteiger partial charge in [-0.05, 0) is 19.8 Å². The summed E-state index contributed by atoms with van der Waals surface area (Å²) in [7, 11) is 0. The van der Waals surface area contributed by atoms with Gasteiger partial charge in [-0.25, -0.2) is 9.97 Å². The molecule has 0 aliphatic carbocycles. The van der Waals surface area contributed by atoms with Crippen molar-refractivity contribution in [3.05, 3.63) is 11.9 Å². The lowest BCUT2D eigenvalue weighted by molar-refractivity contribution is -0.130. The first-order valence-corrected chi connectivity index (χ1v) is 6.79. The molecule has 19 heavy (non-hydrogen) atoms. The number of nitrogens with one attached hydrogen (secondary N) is 1. The summed E-state index contributed by atoms with van der Waals surface area (Å²) in [6.07, 6.45) is 2.91.